The van der Waals surface area contributed by atoms with E-state index in [2.05, 4.69) is 41.4 Å². The van der Waals surface area contributed by atoms with Gasteiger partial charge in [-0.3, -0.25) is 4.79 Å². The average molecular weight is 280 g/mol. The van der Waals surface area contributed by atoms with Gasteiger partial charge in [0.2, 0.25) is 5.91 Å². The molecule has 0 bridgehead atoms. The maximum atomic E-state index is 12.3. The van der Waals surface area contributed by atoms with Gasteiger partial charge in [-0.1, -0.05) is 43.3 Å². The number of nitrogens with one attached hydrogen (secondary N) is 1. The highest BCUT2D eigenvalue weighted by atomic mass is 16.2. The molecule has 1 heterocycles. The predicted octanol–water partition coefficient (Wildman–Crippen LogP) is 3.25. The summed E-state index contributed by atoms with van der Waals surface area (Å²) in [5.41, 5.74) is 4.63. The third-order valence-electron chi connectivity index (χ3n) is 3.99. The first-order chi connectivity index (χ1) is 10.3. The van der Waals surface area contributed by atoms with Crippen molar-refractivity contribution in [1.29, 1.82) is 0 Å². The lowest BCUT2D eigenvalue weighted by molar-refractivity contribution is -0.115. The first-order valence-corrected chi connectivity index (χ1v) is 7.48. The minimum atomic E-state index is 0.0487. The van der Waals surface area contributed by atoms with E-state index in [1.165, 1.54) is 16.8 Å². The van der Waals surface area contributed by atoms with Crippen molar-refractivity contribution in [1.82, 2.24) is 0 Å². The number of fused-ring (bicyclic) bond motifs is 1. The van der Waals surface area contributed by atoms with Gasteiger partial charge in [-0.25, -0.2) is 0 Å². The van der Waals surface area contributed by atoms with Crippen LogP contribution in [0.15, 0.2) is 48.5 Å². The highest BCUT2D eigenvalue weighted by molar-refractivity contribution is 5.95. The number of rotatable bonds is 4. The van der Waals surface area contributed by atoms with Crippen LogP contribution >= 0.6 is 0 Å². The zero-order valence-corrected chi connectivity index (χ0v) is 12.3. The molecule has 2 aromatic carbocycles. The van der Waals surface area contributed by atoms with E-state index < -0.39 is 0 Å². The lowest BCUT2D eigenvalue weighted by atomic mass is 10.1. The smallest absolute Gasteiger partial charge is 0.243 e. The van der Waals surface area contributed by atoms with Crippen LogP contribution in [-0.4, -0.2) is 19.0 Å². The third kappa shape index (κ3) is 2.92. The maximum Gasteiger partial charge on any atom is 0.243 e. The van der Waals surface area contributed by atoms with Gasteiger partial charge in [0.1, 0.15) is 0 Å². The van der Waals surface area contributed by atoms with Gasteiger partial charge < -0.3 is 10.2 Å². The number of aryl methyl sites for hydroxylation is 1. The van der Waals surface area contributed by atoms with Crippen molar-refractivity contribution in [2.24, 2.45) is 0 Å². The van der Waals surface area contributed by atoms with Crippen LogP contribution in [0.2, 0.25) is 0 Å². The topological polar surface area (TPSA) is 32.3 Å². The van der Waals surface area contributed by atoms with E-state index in [9.17, 15) is 4.79 Å². The number of hydrogen-bond donors (Lipinski definition) is 1. The van der Waals surface area contributed by atoms with Crippen LogP contribution in [0.4, 0.5) is 11.4 Å². The van der Waals surface area contributed by atoms with Crippen molar-refractivity contribution in [3.63, 3.8) is 0 Å². The van der Waals surface area contributed by atoms with Crippen molar-refractivity contribution in [2.45, 2.75) is 19.8 Å². The SMILES string of the molecule is CCc1ccccc1NC(=O)CN1CCc2ccccc21. The molecule has 3 heteroatoms. The number of carbonyl (C=O) groups excluding carboxylic acids is 1. The molecular formula is C18H20N2O. The number of hydrogen-bond acceptors (Lipinski definition) is 2. The van der Waals surface area contributed by atoms with E-state index in [4.69, 9.17) is 0 Å². The largest absolute Gasteiger partial charge is 0.362 e. The van der Waals surface area contributed by atoms with Crippen molar-refractivity contribution < 1.29 is 4.79 Å². The van der Waals surface area contributed by atoms with E-state index in [0.29, 0.717) is 6.54 Å². The fourth-order valence-corrected chi connectivity index (χ4v) is 2.88. The summed E-state index contributed by atoms with van der Waals surface area (Å²) in [7, 11) is 0. The highest BCUT2D eigenvalue weighted by Crippen LogP contribution is 2.27. The van der Waals surface area contributed by atoms with Gasteiger partial charge in [-0.15, -0.1) is 0 Å². The van der Waals surface area contributed by atoms with E-state index in [1.54, 1.807) is 0 Å². The lowest BCUT2D eigenvalue weighted by Gasteiger charge is -2.19. The molecule has 0 saturated heterocycles. The van der Waals surface area contributed by atoms with Gasteiger partial charge in [-0.2, -0.15) is 0 Å². The normalized spacial score (nSPS) is 13.1. The van der Waals surface area contributed by atoms with Crippen LogP contribution in [0, 0.1) is 0 Å². The number of nitrogens with zero attached hydrogens (tertiary/aromatic N) is 1. The lowest BCUT2D eigenvalue weighted by Crippen LogP contribution is -2.32. The maximum absolute atomic E-state index is 12.3. The Morgan fingerprint density at radius 1 is 1.14 bits per heavy atom. The molecule has 1 aliphatic heterocycles. The van der Waals surface area contributed by atoms with E-state index in [-0.39, 0.29) is 5.91 Å². The summed E-state index contributed by atoms with van der Waals surface area (Å²) in [6.07, 6.45) is 1.94. The van der Waals surface area contributed by atoms with Gasteiger partial charge in [-0.05, 0) is 36.1 Å². The summed E-state index contributed by atoms with van der Waals surface area (Å²) in [4.78, 5) is 14.4. The number of benzene rings is 2. The molecule has 0 atom stereocenters. The molecular weight excluding hydrogens is 260 g/mol. The van der Waals surface area contributed by atoms with Crippen molar-refractivity contribution in [3.05, 3.63) is 59.7 Å². The molecule has 2 aromatic rings. The Morgan fingerprint density at radius 3 is 2.76 bits per heavy atom. The second-order valence-corrected chi connectivity index (χ2v) is 5.36. The molecule has 3 rings (SSSR count). The summed E-state index contributed by atoms with van der Waals surface area (Å²) in [6.45, 7) is 3.43. The summed E-state index contributed by atoms with van der Waals surface area (Å²) >= 11 is 0. The van der Waals surface area contributed by atoms with Crippen LogP contribution in [0.3, 0.4) is 0 Å². The standard InChI is InChI=1S/C18H20N2O/c1-2-14-7-3-5-9-16(14)19-18(21)13-20-12-11-15-8-4-6-10-17(15)20/h3-10H,2,11-13H2,1H3,(H,19,21). The second kappa shape index (κ2) is 6.00. The van der Waals surface area contributed by atoms with E-state index >= 15 is 0 Å². The van der Waals surface area contributed by atoms with Gasteiger partial charge in [0.05, 0.1) is 6.54 Å². The summed E-state index contributed by atoms with van der Waals surface area (Å²) in [6, 6.07) is 16.3. The average Bonchev–Trinajstić information content (AvgIpc) is 2.91. The first-order valence-electron chi connectivity index (χ1n) is 7.48. The minimum Gasteiger partial charge on any atom is -0.362 e. The first kappa shape index (κ1) is 13.7. The zero-order chi connectivity index (χ0) is 14.7. The molecule has 108 valence electrons. The van der Waals surface area contributed by atoms with Crippen molar-refractivity contribution in [3.8, 4) is 0 Å². The third-order valence-corrected chi connectivity index (χ3v) is 3.99. The number of para-hydroxylation sites is 2. The van der Waals surface area contributed by atoms with Gasteiger partial charge in [0.25, 0.3) is 0 Å². The molecule has 0 fully saturated rings. The van der Waals surface area contributed by atoms with E-state index in [1.807, 2.05) is 24.3 Å². The van der Waals surface area contributed by atoms with Crippen LogP contribution in [0.1, 0.15) is 18.1 Å². The molecule has 1 N–H and O–H groups in total. The molecule has 0 radical (unpaired) electrons. The zero-order valence-electron chi connectivity index (χ0n) is 12.3. The molecule has 1 aliphatic rings. The van der Waals surface area contributed by atoms with Crippen LogP contribution in [0.5, 0.6) is 0 Å². The Labute approximate surface area is 125 Å². The Kier molecular flexibility index (Phi) is 3.91. The van der Waals surface area contributed by atoms with Gasteiger partial charge in [0.15, 0.2) is 0 Å². The highest BCUT2D eigenvalue weighted by Gasteiger charge is 2.20. The molecule has 0 spiro atoms. The summed E-state index contributed by atoms with van der Waals surface area (Å²) < 4.78 is 0. The predicted molar refractivity (Wildman–Crippen MR) is 86.8 cm³/mol. The van der Waals surface area contributed by atoms with Gasteiger partial charge in [0, 0.05) is 17.9 Å². The second-order valence-electron chi connectivity index (χ2n) is 5.36. The van der Waals surface area contributed by atoms with Crippen molar-refractivity contribution >= 4 is 17.3 Å². The molecule has 21 heavy (non-hydrogen) atoms. The fourth-order valence-electron chi connectivity index (χ4n) is 2.88. The van der Waals surface area contributed by atoms with E-state index in [0.717, 1.165) is 25.1 Å². The van der Waals surface area contributed by atoms with Gasteiger partial charge >= 0.3 is 0 Å². The fraction of sp³-hybridized carbons (Fsp3) is 0.278. The molecule has 0 unspecified atom stereocenters. The molecule has 1 amide bonds. The molecule has 0 aromatic heterocycles. The molecule has 0 saturated carbocycles. The van der Waals surface area contributed by atoms with Crippen molar-refractivity contribution in [2.75, 3.05) is 23.3 Å². The number of carbonyl (C=O) groups is 1. The summed E-state index contributed by atoms with van der Waals surface area (Å²) in [5, 5.41) is 3.04. The summed E-state index contributed by atoms with van der Waals surface area (Å²) in [5.74, 6) is 0.0487. The molecule has 3 nitrogen and oxygen atoms in total. The Bertz CT molecular complexity index is 651. The monoisotopic (exact) mass is 280 g/mol. The minimum absolute atomic E-state index is 0.0487. The van der Waals surface area contributed by atoms with Crippen LogP contribution in [-0.2, 0) is 17.6 Å². The Hall–Kier alpha value is -2.29. The Balaban J connectivity index is 1.68. The van der Waals surface area contributed by atoms with Crippen LogP contribution < -0.4 is 10.2 Å². The Morgan fingerprint density at radius 2 is 1.90 bits per heavy atom. The number of anilines is 2. The molecule has 0 aliphatic carbocycles. The van der Waals surface area contributed by atoms with Crippen LogP contribution in [0.25, 0.3) is 0 Å². The quantitative estimate of drug-likeness (QED) is 0.932. The number of amides is 1.